The maximum atomic E-state index is 12.0. The number of rotatable bonds is 5. The first-order valence-corrected chi connectivity index (χ1v) is 6.05. The van der Waals surface area contributed by atoms with Gasteiger partial charge in [0.05, 0.1) is 6.61 Å². The first kappa shape index (κ1) is 14.4. The van der Waals surface area contributed by atoms with Crippen LogP contribution in [0.5, 0.6) is 0 Å². The number of amides is 1. The molecule has 0 radical (unpaired) electrons. The normalized spacial score (nSPS) is 25.3. The minimum absolute atomic E-state index is 0.0367. The van der Waals surface area contributed by atoms with E-state index in [0.29, 0.717) is 26.2 Å². The van der Waals surface area contributed by atoms with Gasteiger partial charge in [0.15, 0.2) is 0 Å². The molecule has 17 heavy (non-hydrogen) atoms. The third-order valence-electron chi connectivity index (χ3n) is 2.98. The van der Waals surface area contributed by atoms with Gasteiger partial charge in [0.2, 0.25) is 5.91 Å². The van der Waals surface area contributed by atoms with Crippen LogP contribution in [0.1, 0.15) is 20.3 Å². The number of carbonyl (C=O) groups excluding carboxylic acids is 1. The molecule has 1 aliphatic rings. The van der Waals surface area contributed by atoms with Crippen molar-refractivity contribution in [2.75, 3.05) is 40.4 Å². The van der Waals surface area contributed by atoms with Crippen molar-refractivity contribution in [3.63, 3.8) is 0 Å². The Hall–Kier alpha value is -0.650. The highest BCUT2D eigenvalue weighted by atomic mass is 16.5. The highest BCUT2D eigenvalue weighted by Crippen LogP contribution is 2.18. The summed E-state index contributed by atoms with van der Waals surface area (Å²) in [6, 6.07) is 0. The van der Waals surface area contributed by atoms with Crippen LogP contribution < -0.4 is 11.1 Å². The molecular formula is C12H25N3O2. The summed E-state index contributed by atoms with van der Waals surface area (Å²) in [5.41, 5.74) is 5.20. The van der Waals surface area contributed by atoms with Gasteiger partial charge in [-0.25, -0.2) is 0 Å². The van der Waals surface area contributed by atoms with Crippen molar-refractivity contribution < 1.29 is 9.53 Å². The zero-order valence-corrected chi connectivity index (χ0v) is 11.4. The van der Waals surface area contributed by atoms with E-state index >= 15 is 0 Å². The molecule has 0 aromatic heterocycles. The van der Waals surface area contributed by atoms with Gasteiger partial charge in [0, 0.05) is 19.7 Å². The number of ether oxygens (including phenoxy) is 1. The number of hydrogen-bond donors (Lipinski definition) is 2. The van der Waals surface area contributed by atoms with Gasteiger partial charge in [-0.05, 0) is 25.9 Å². The van der Waals surface area contributed by atoms with Gasteiger partial charge in [-0.15, -0.1) is 0 Å². The molecule has 3 N–H and O–H groups in total. The molecule has 5 nitrogen and oxygen atoms in total. The summed E-state index contributed by atoms with van der Waals surface area (Å²) in [4.78, 5) is 14.1. The van der Waals surface area contributed by atoms with E-state index in [-0.39, 0.29) is 11.3 Å². The lowest BCUT2D eigenvalue weighted by Crippen LogP contribution is -2.56. The predicted octanol–water partition coefficient (Wildman–Crippen LogP) is -0.192. The van der Waals surface area contributed by atoms with Crippen molar-refractivity contribution >= 4 is 5.91 Å². The van der Waals surface area contributed by atoms with Gasteiger partial charge in [-0.1, -0.05) is 13.8 Å². The third-order valence-corrected chi connectivity index (χ3v) is 2.98. The van der Waals surface area contributed by atoms with Crippen LogP contribution in [0.4, 0.5) is 0 Å². The molecule has 1 rings (SSSR count). The highest BCUT2D eigenvalue weighted by molar-refractivity contribution is 5.86. The molecule has 0 aromatic rings. The molecule has 1 amide bonds. The second-order valence-electron chi connectivity index (χ2n) is 6.04. The molecule has 1 heterocycles. The van der Waals surface area contributed by atoms with E-state index in [1.165, 1.54) is 0 Å². The third kappa shape index (κ3) is 4.26. The first-order valence-electron chi connectivity index (χ1n) is 6.05. The van der Waals surface area contributed by atoms with Crippen molar-refractivity contribution in [1.29, 1.82) is 0 Å². The van der Waals surface area contributed by atoms with Crippen LogP contribution in [0.2, 0.25) is 0 Å². The van der Waals surface area contributed by atoms with Crippen molar-refractivity contribution in [1.82, 2.24) is 10.2 Å². The van der Waals surface area contributed by atoms with E-state index in [2.05, 4.69) is 24.1 Å². The minimum atomic E-state index is -0.825. The van der Waals surface area contributed by atoms with Gasteiger partial charge < -0.3 is 20.7 Å². The van der Waals surface area contributed by atoms with Crippen molar-refractivity contribution in [2.24, 2.45) is 11.1 Å². The molecule has 0 bridgehead atoms. The molecule has 1 unspecified atom stereocenters. The van der Waals surface area contributed by atoms with Crippen LogP contribution in [0.25, 0.3) is 0 Å². The molecule has 0 aliphatic carbocycles. The average Bonchev–Trinajstić information content (AvgIpc) is 2.61. The minimum Gasteiger partial charge on any atom is -0.379 e. The smallest absolute Gasteiger partial charge is 0.242 e. The topological polar surface area (TPSA) is 67.6 Å². The molecule has 1 fully saturated rings. The Bertz CT molecular complexity index is 271. The molecule has 1 atom stereocenters. The van der Waals surface area contributed by atoms with Crippen LogP contribution in [-0.2, 0) is 9.53 Å². The fourth-order valence-electron chi connectivity index (χ4n) is 2.17. The summed E-state index contributed by atoms with van der Waals surface area (Å²) in [6.45, 7) is 6.70. The summed E-state index contributed by atoms with van der Waals surface area (Å²) < 4.78 is 5.18. The van der Waals surface area contributed by atoms with Crippen LogP contribution >= 0.6 is 0 Å². The van der Waals surface area contributed by atoms with Crippen molar-refractivity contribution in [3.8, 4) is 0 Å². The first-order chi connectivity index (χ1) is 7.75. The molecule has 1 aliphatic heterocycles. The zero-order chi connectivity index (χ0) is 13.1. The zero-order valence-electron chi connectivity index (χ0n) is 11.4. The monoisotopic (exact) mass is 243 g/mol. The van der Waals surface area contributed by atoms with E-state index in [1.54, 1.807) is 0 Å². The average molecular weight is 243 g/mol. The largest absolute Gasteiger partial charge is 0.379 e. The van der Waals surface area contributed by atoms with Gasteiger partial charge >= 0.3 is 0 Å². The Morgan fingerprint density at radius 2 is 2.18 bits per heavy atom. The second-order valence-corrected chi connectivity index (χ2v) is 6.04. The summed E-state index contributed by atoms with van der Waals surface area (Å²) in [5, 5.41) is 2.94. The Kier molecular flexibility index (Phi) is 4.52. The highest BCUT2D eigenvalue weighted by Gasteiger charge is 2.38. The molecule has 100 valence electrons. The van der Waals surface area contributed by atoms with E-state index in [4.69, 9.17) is 10.5 Å². The van der Waals surface area contributed by atoms with E-state index in [0.717, 1.165) is 6.54 Å². The Balaban J connectivity index is 2.42. The van der Waals surface area contributed by atoms with E-state index < -0.39 is 5.54 Å². The summed E-state index contributed by atoms with van der Waals surface area (Å²) >= 11 is 0. The molecular weight excluding hydrogens is 218 g/mol. The van der Waals surface area contributed by atoms with Crippen LogP contribution in [0.15, 0.2) is 0 Å². The Labute approximate surface area is 104 Å². The maximum Gasteiger partial charge on any atom is 0.242 e. The summed E-state index contributed by atoms with van der Waals surface area (Å²) in [6.07, 6.45) is 0.604. The van der Waals surface area contributed by atoms with Crippen LogP contribution in [0.3, 0.4) is 0 Å². The van der Waals surface area contributed by atoms with Crippen molar-refractivity contribution in [3.05, 3.63) is 0 Å². The summed E-state index contributed by atoms with van der Waals surface area (Å²) in [7, 11) is 4.05. The number of hydrogen-bond acceptors (Lipinski definition) is 4. The SMILES string of the molecule is CN(C)CC(C)(C)CNC(=O)C1(N)CCOC1. The van der Waals surface area contributed by atoms with Gasteiger partial charge in [-0.3, -0.25) is 4.79 Å². The molecule has 0 spiro atoms. The fourth-order valence-corrected chi connectivity index (χ4v) is 2.17. The quantitative estimate of drug-likeness (QED) is 0.702. The number of nitrogens with two attached hydrogens (primary N) is 1. The lowest BCUT2D eigenvalue weighted by atomic mass is 9.92. The number of nitrogens with one attached hydrogen (secondary N) is 1. The number of nitrogens with zero attached hydrogens (tertiary/aromatic N) is 1. The molecule has 1 saturated heterocycles. The Morgan fingerprint density at radius 3 is 2.65 bits per heavy atom. The molecule has 0 aromatic carbocycles. The lowest BCUT2D eigenvalue weighted by Gasteiger charge is -2.30. The predicted molar refractivity (Wildman–Crippen MR) is 67.7 cm³/mol. The Morgan fingerprint density at radius 1 is 1.53 bits per heavy atom. The maximum absolute atomic E-state index is 12.0. The van der Waals surface area contributed by atoms with Gasteiger partial charge in [0.25, 0.3) is 0 Å². The lowest BCUT2D eigenvalue weighted by molar-refractivity contribution is -0.126. The van der Waals surface area contributed by atoms with Crippen molar-refractivity contribution in [2.45, 2.75) is 25.8 Å². The van der Waals surface area contributed by atoms with E-state index in [9.17, 15) is 4.79 Å². The second kappa shape index (κ2) is 5.33. The van der Waals surface area contributed by atoms with E-state index in [1.807, 2.05) is 14.1 Å². The number of carbonyl (C=O) groups is 1. The van der Waals surface area contributed by atoms with Gasteiger partial charge in [-0.2, -0.15) is 0 Å². The molecule has 0 saturated carbocycles. The van der Waals surface area contributed by atoms with Crippen LogP contribution in [0, 0.1) is 5.41 Å². The van der Waals surface area contributed by atoms with Crippen LogP contribution in [-0.4, -0.2) is 56.7 Å². The molecule has 5 heteroatoms. The summed E-state index contributed by atoms with van der Waals surface area (Å²) in [5.74, 6) is -0.0955. The fraction of sp³-hybridized carbons (Fsp3) is 0.917. The standard InChI is InChI=1S/C12H25N3O2/c1-11(2,8-15(3)4)7-14-10(16)12(13)5-6-17-9-12/h5-9,13H2,1-4H3,(H,14,16). The van der Waals surface area contributed by atoms with Gasteiger partial charge in [0.1, 0.15) is 5.54 Å².